The van der Waals surface area contributed by atoms with Crippen molar-refractivity contribution in [3.8, 4) is 0 Å². The highest BCUT2D eigenvalue weighted by Gasteiger charge is 2.22. The van der Waals surface area contributed by atoms with Crippen LogP contribution in [0.4, 0.5) is 16.5 Å². The minimum atomic E-state index is -0.364. The largest absolute Gasteiger partial charge is 0.459 e. The van der Waals surface area contributed by atoms with Crippen molar-refractivity contribution in [2.45, 2.75) is 39.7 Å². The summed E-state index contributed by atoms with van der Waals surface area (Å²) in [5.74, 6) is -0.371. The first kappa shape index (κ1) is 22.7. The van der Waals surface area contributed by atoms with Crippen LogP contribution in [0.3, 0.4) is 0 Å². The van der Waals surface area contributed by atoms with E-state index in [2.05, 4.69) is 4.98 Å². The highest BCUT2D eigenvalue weighted by Crippen LogP contribution is 2.29. The Bertz CT molecular complexity index is 1170. The maximum absolute atomic E-state index is 12.3. The van der Waals surface area contributed by atoms with Gasteiger partial charge in [-0.1, -0.05) is 24.3 Å². The molecule has 4 rings (SSSR count). The van der Waals surface area contributed by atoms with E-state index in [4.69, 9.17) is 4.74 Å². The molecule has 2 aromatic carbocycles. The number of carbonyl (C=O) groups is 3. The van der Waals surface area contributed by atoms with Crippen LogP contribution in [0.15, 0.2) is 53.9 Å². The van der Waals surface area contributed by atoms with Crippen LogP contribution in [0.1, 0.15) is 36.6 Å². The van der Waals surface area contributed by atoms with E-state index in [9.17, 15) is 14.4 Å². The van der Waals surface area contributed by atoms with E-state index in [1.807, 2.05) is 55.5 Å². The Balaban J connectivity index is 1.34. The van der Waals surface area contributed by atoms with Gasteiger partial charge in [-0.3, -0.25) is 19.3 Å². The Hall–Kier alpha value is -3.52. The summed E-state index contributed by atoms with van der Waals surface area (Å²) in [6.07, 6.45) is 1.59. The third-order valence-electron chi connectivity index (χ3n) is 5.36. The number of ether oxygens (including phenoxy) is 1. The Kier molecular flexibility index (Phi) is 6.84. The molecule has 1 aromatic heterocycles. The summed E-state index contributed by atoms with van der Waals surface area (Å²) in [6.45, 7) is 4.23. The van der Waals surface area contributed by atoms with Crippen LogP contribution in [0.5, 0.6) is 0 Å². The van der Waals surface area contributed by atoms with Gasteiger partial charge in [0.15, 0.2) is 5.13 Å². The molecule has 0 bridgehead atoms. The van der Waals surface area contributed by atoms with Crippen molar-refractivity contribution in [2.24, 2.45) is 0 Å². The van der Waals surface area contributed by atoms with E-state index in [0.717, 1.165) is 35.5 Å². The van der Waals surface area contributed by atoms with E-state index >= 15 is 0 Å². The molecule has 0 radical (unpaired) electrons. The van der Waals surface area contributed by atoms with Crippen LogP contribution in [-0.2, 0) is 32.1 Å². The average Bonchev–Trinajstić information content (AvgIpc) is 3.42. The summed E-state index contributed by atoms with van der Waals surface area (Å²) in [5.41, 5.74) is 4.05. The smallest absolute Gasteiger partial charge is 0.310 e. The number of aryl methyl sites for hydroxylation is 1. The Morgan fingerprint density at radius 1 is 1.18 bits per heavy atom. The predicted molar refractivity (Wildman–Crippen MR) is 128 cm³/mol. The number of esters is 1. The van der Waals surface area contributed by atoms with Crippen LogP contribution in [0.2, 0.25) is 0 Å². The monoisotopic (exact) mass is 463 g/mol. The minimum Gasteiger partial charge on any atom is -0.459 e. The lowest BCUT2D eigenvalue weighted by Crippen LogP contribution is -2.23. The molecule has 0 atom stereocenters. The topological polar surface area (TPSA) is 79.8 Å². The molecule has 0 saturated carbocycles. The molecule has 0 aliphatic carbocycles. The second-order valence-corrected chi connectivity index (χ2v) is 8.80. The molecule has 0 spiro atoms. The van der Waals surface area contributed by atoms with Gasteiger partial charge in [-0.2, -0.15) is 0 Å². The zero-order valence-electron chi connectivity index (χ0n) is 18.6. The van der Waals surface area contributed by atoms with Crippen LogP contribution in [0, 0.1) is 6.92 Å². The number of hydrogen-bond acceptors (Lipinski definition) is 6. The van der Waals surface area contributed by atoms with E-state index < -0.39 is 0 Å². The van der Waals surface area contributed by atoms with Crippen LogP contribution in [-0.4, -0.2) is 29.3 Å². The molecule has 0 N–H and O–H groups in total. The summed E-state index contributed by atoms with van der Waals surface area (Å²) < 4.78 is 5.39. The lowest BCUT2D eigenvalue weighted by Gasteiger charge is -2.18. The first-order chi connectivity index (χ1) is 15.9. The highest BCUT2D eigenvalue weighted by atomic mass is 32.1. The molecular formula is C25H25N3O4S. The molecule has 1 fully saturated rings. The van der Waals surface area contributed by atoms with Gasteiger partial charge in [-0.15, -0.1) is 11.3 Å². The summed E-state index contributed by atoms with van der Waals surface area (Å²) in [5, 5.41) is 2.32. The zero-order chi connectivity index (χ0) is 23.4. The van der Waals surface area contributed by atoms with Crippen molar-refractivity contribution in [3.63, 3.8) is 0 Å². The molecule has 170 valence electrons. The number of benzene rings is 2. The van der Waals surface area contributed by atoms with E-state index in [0.29, 0.717) is 17.2 Å². The van der Waals surface area contributed by atoms with Crippen LogP contribution in [0.25, 0.3) is 0 Å². The maximum atomic E-state index is 12.3. The molecule has 3 aromatic rings. The third kappa shape index (κ3) is 5.46. The molecule has 0 unspecified atom stereocenters. The van der Waals surface area contributed by atoms with E-state index in [1.54, 1.807) is 15.2 Å². The highest BCUT2D eigenvalue weighted by molar-refractivity contribution is 7.14. The van der Waals surface area contributed by atoms with Crippen molar-refractivity contribution in [1.29, 1.82) is 0 Å². The number of carbonyl (C=O) groups excluding carboxylic acids is 3. The first-order valence-electron chi connectivity index (χ1n) is 10.8. The molecule has 1 aliphatic heterocycles. The van der Waals surface area contributed by atoms with Crippen LogP contribution < -0.4 is 9.80 Å². The van der Waals surface area contributed by atoms with Gasteiger partial charge in [0.25, 0.3) is 0 Å². The van der Waals surface area contributed by atoms with Crippen molar-refractivity contribution in [3.05, 3.63) is 70.7 Å². The van der Waals surface area contributed by atoms with Crippen molar-refractivity contribution in [1.82, 2.24) is 4.98 Å². The Labute approximate surface area is 196 Å². The number of nitrogens with zero attached hydrogens (tertiary/aromatic N) is 3. The van der Waals surface area contributed by atoms with Crippen molar-refractivity contribution in [2.75, 3.05) is 16.3 Å². The van der Waals surface area contributed by atoms with Crippen molar-refractivity contribution >= 4 is 45.6 Å². The number of anilines is 3. The third-order valence-corrected chi connectivity index (χ3v) is 6.23. The second kappa shape index (κ2) is 9.95. The maximum Gasteiger partial charge on any atom is 0.310 e. The molecule has 1 saturated heterocycles. The molecule has 8 heteroatoms. The molecule has 7 nitrogen and oxygen atoms in total. The van der Waals surface area contributed by atoms with Crippen molar-refractivity contribution < 1.29 is 19.1 Å². The number of amides is 2. The average molecular weight is 464 g/mol. The van der Waals surface area contributed by atoms with Gasteiger partial charge in [-0.05, 0) is 48.7 Å². The minimum absolute atomic E-state index is 0.0370. The standard InChI is InChI=1S/C25H25N3O4S/c1-17-5-3-6-22(13-17)28(18(2)29)25-26-20(16-33-25)15-32-24(31)14-19-8-10-21(11-9-19)27-12-4-7-23(27)30/h3,5-6,8-11,13,16H,4,7,12,14-15H2,1-2H3. The molecule has 2 amide bonds. The predicted octanol–water partition coefficient (Wildman–Crippen LogP) is 4.55. The van der Waals surface area contributed by atoms with Gasteiger partial charge in [-0.25, -0.2) is 4.98 Å². The number of aromatic nitrogens is 1. The zero-order valence-corrected chi connectivity index (χ0v) is 19.4. The van der Waals surface area contributed by atoms with E-state index in [-0.39, 0.29) is 30.8 Å². The van der Waals surface area contributed by atoms with Gasteiger partial charge < -0.3 is 9.64 Å². The normalized spacial score (nSPS) is 13.3. The Morgan fingerprint density at radius 2 is 1.97 bits per heavy atom. The summed E-state index contributed by atoms with van der Waals surface area (Å²) >= 11 is 1.33. The van der Waals surface area contributed by atoms with E-state index in [1.165, 1.54) is 18.3 Å². The quantitative estimate of drug-likeness (QED) is 0.480. The van der Waals surface area contributed by atoms with Crippen LogP contribution >= 0.6 is 11.3 Å². The molecule has 1 aliphatic rings. The number of thiazole rings is 1. The van der Waals surface area contributed by atoms with Gasteiger partial charge in [0.2, 0.25) is 11.8 Å². The molecule has 33 heavy (non-hydrogen) atoms. The van der Waals surface area contributed by atoms with Gasteiger partial charge >= 0.3 is 5.97 Å². The number of rotatable bonds is 7. The lowest BCUT2D eigenvalue weighted by atomic mass is 10.1. The number of hydrogen-bond donors (Lipinski definition) is 0. The fourth-order valence-electron chi connectivity index (χ4n) is 3.75. The summed E-state index contributed by atoms with van der Waals surface area (Å²) in [4.78, 5) is 44.2. The lowest BCUT2D eigenvalue weighted by molar-refractivity contribution is -0.144. The SMILES string of the molecule is CC(=O)N(c1cccc(C)c1)c1nc(COC(=O)Cc2ccc(N3CCCC3=O)cc2)cs1. The molecule has 2 heterocycles. The summed E-state index contributed by atoms with van der Waals surface area (Å²) in [7, 11) is 0. The summed E-state index contributed by atoms with van der Waals surface area (Å²) in [6, 6.07) is 15.1. The fraction of sp³-hybridized carbons (Fsp3) is 0.280. The second-order valence-electron chi connectivity index (χ2n) is 7.97. The first-order valence-corrected chi connectivity index (χ1v) is 11.7. The fourth-order valence-corrected chi connectivity index (χ4v) is 4.62. The van der Waals surface area contributed by atoms with Gasteiger partial charge in [0, 0.05) is 31.0 Å². The van der Waals surface area contributed by atoms with Gasteiger partial charge in [0.05, 0.1) is 17.8 Å². The van der Waals surface area contributed by atoms with Gasteiger partial charge in [0.1, 0.15) is 6.61 Å². The molecular weight excluding hydrogens is 438 g/mol. The Morgan fingerprint density at radius 3 is 2.64 bits per heavy atom.